The summed E-state index contributed by atoms with van der Waals surface area (Å²) in [5, 5.41) is 0. The van der Waals surface area contributed by atoms with E-state index in [0.717, 1.165) is 5.56 Å². The third-order valence-corrected chi connectivity index (χ3v) is 4.75. The summed E-state index contributed by atoms with van der Waals surface area (Å²) in [6.45, 7) is 7.33. The van der Waals surface area contributed by atoms with Gasteiger partial charge in [-0.25, -0.2) is 9.18 Å². The number of carbonyl (C=O) groups excluding carboxylic acids is 2. The van der Waals surface area contributed by atoms with Crippen molar-refractivity contribution in [1.29, 1.82) is 0 Å². The Morgan fingerprint density at radius 2 is 1.70 bits per heavy atom. The highest BCUT2D eigenvalue weighted by atomic mass is 79.9. The largest absolute Gasteiger partial charge is 0.444 e. The molecule has 0 spiro atoms. The van der Waals surface area contributed by atoms with Crippen LogP contribution in [0.1, 0.15) is 55.2 Å². The summed E-state index contributed by atoms with van der Waals surface area (Å²) in [4.78, 5) is 26.4. The topological polar surface area (TPSA) is 46.6 Å². The molecule has 1 amide bonds. The Bertz CT molecular complexity index is 843. The number of nitrogens with zero attached hydrogens (tertiary/aromatic N) is 1. The van der Waals surface area contributed by atoms with Crippen molar-refractivity contribution < 1.29 is 18.7 Å². The van der Waals surface area contributed by atoms with E-state index in [1.807, 2.05) is 33.8 Å². The van der Waals surface area contributed by atoms with Gasteiger partial charge in [0.25, 0.3) is 0 Å². The summed E-state index contributed by atoms with van der Waals surface area (Å²) in [5.74, 6) is -0.596. The molecule has 0 fully saturated rings. The Labute approximate surface area is 167 Å². The third-order valence-electron chi connectivity index (χ3n) is 4.09. The lowest BCUT2D eigenvalue weighted by Crippen LogP contribution is -2.35. The zero-order valence-electron chi connectivity index (χ0n) is 16.0. The highest BCUT2D eigenvalue weighted by Crippen LogP contribution is 2.27. The second kappa shape index (κ2) is 8.21. The molecule has 1 unspecified atom stereocenters. The molecule has 0 heterocycles. The van der Waals surface area contributed by atoms with E-state index in [9.17, 15) is 14.0 Å². The number of carbonyl (C=O) groups is 2. The first-order valence-corrected chi connectivity index (χ1v) is 9.34. The number of ketones is 1. The Hall–Kier alpha value is -2.21. The van der Waals surface area contributed by atoms with Gasteiger partial charge in [0.05, 0.1) is 6.04 Å². The van der Waals surface area contributed by atoms with E-state index >= 15 is 0 Å². The highest BCUT2D eigenvalue weighted by molar-refractivity contribution is 9.10. The van der Waals surface area contributed by atoms with E-state index in [2.05, 4.69) is 15.9 Å². The second-order valence-electron chi connectivity index (χ2n) is 7.34. The van der Waals surface area contributed by atoms with Crippen molar-refractivity contribution in [3.8, 4) is 0 Å². The Balaban J connectivity index is 2.21. The fourth-order valence-electron chi connectivity index (χ4n) is 2.45. The number of amides is 1. The van der Waals surface area contributed by atoms with E-state index in [4.69, 9.17) is 4.74 Å². The van der Waals surface area contributed by atoms with Crippen LogP contribution in [0.3, 0.4) is 0 Å². The molecule has 6 heteroatoms. The van der Waals surface area contributed by atoms with E-state index in [1.165, 1.54) is 29.2 Å². The molecule has 0 aromatic heterocycles. The van der Waals surface area contributed by atoms with Crippen molar-refractivity contribution in [2.45, 2.75) is 39.3 Å². The first-order chi connectivity index (χ1) is 12.5. The van der Waals surface area contributed by atoms with Gasteiger partial charge in [-0.3, -0.25) is 4.79 Å². The number of rotatable bonds is 4. The number of benzene rings is 2. The number of hydrogen-bond donors (Lipinski definition) is 0. The summed E-state index contributed by atoms with van der Waals surface area (Å²) >= 11 is 3.43. The molecule has 2 rings (SSSR count). The molecular weight excluding hydrogens is 413 g/mol. The van der Waals surface area contributed by atoms with Gasteiger partial charge in [0.1, 0.15) is 11.4 Å². The Morgan fingerprint density at radius 1 is 1.11 bits per heavy atom. The quantitative estimate of drug-likeness (QED) is 0.574. The first kappa shape index (κ1) is 21.1. The van der Waals surface area contributed by atoms with Crippen molar-refractivity contribution in [1.82, 2.24) is 4.90 Å². The van der Waals surface area contributed by atoms with E-state index in [-0.39, 0.29) is 17.6 Å². The summed E-state index contributed by atoms with van der Waals surface area (Å²) in [5.41, 5.74) is 1.16. The lowest BCUT2D eigenvalue weighted by Gasteiger charge is -2.29. The molecule has 0 bridgehead atoms. The van der Waals surface area contributed by atoms with E-state index in [0.29, 0.717) is 15.6 Å². The van der Waals surface area contributed by atoms with Crippen molar-refractivity contribution in [2.24, 2.45) is 0 Å². The summed E-state index contributed by atoms with van der Waals surface area (Å²) in [6.07, 6.45) is -0.419. The summed E-state index contributed by atoms with van der Waals surface area (Å²) < 4.78 is 19.1. The van der Waals surface area contributed by atoms with Crippen molar-refractivity contribution in [3.05, 3.63) is 69.4 Å². The average Bonchev–Trinajstić information content (AvgIpc) is 2.59. The van der Waals surface area contributed by atoms with Gasteiger partial charge in [-0.05, 0) is 69.7 Å². The van der Waals surface area contributed by atoms with Gasteiger partial charge in [0.2, 0.25) is 0 Å². The Morgan fingerprint density at radius 3 is 2.22 bits per heavy atom. The molecule has 2 aromatic rings. The maximum Gasteiger partial charge on any atom is 0.410 e. The van der Waals surface area contributed by atoms with E-state index in [1.54, 1.807) is 19.2 Å². The third kappa shape index (κ3) is 5.39. The number of hydrogen-bond acceptors (Lipinski definition) is 3. The van der Waals surface area contributed by atoms with Gasteiger partial charge in [-0.15, -0.1) is 0 Å². The summed E-state index contributed by atoms with van der Waals surface area (Å²) in [7, 11) is 1.67. The first-order valence-electron chi connectivity index (χ1n) is 8.55. The number of halogens is 2. The van der Waals surface area contributed by atoms with Crippen LogP contribution in [0.5, 0.6) is 0 Å². The minimum atomic E-state index is -0.572. The maximum absolute atomic E-state index is 13.1. The normalized spacial score (nSPS) is 12.4. The van der Waals surface area contributed by atoms with Crippen LogP contribution in [0.2, 0.25) is 0 Å². The predicted octanol–water partition coefficient (Wildman–Crippen LogP) is 5.75. The van der Waals surface area contributed by atoms with Crippen LogP contribution in [0.25, 0.3) is 0 Å². The molecule has 0 N–H and O–H groups in total. The van der Waals surface area contributed by atoms with Gasteiger partial charge < -0.3 is 9.64 Å². The van der Waals surface area contributed by atoms with Crippen LogP contribution in [0.4, 0.5) is 9.18 Å². The molecule has 2 aromatic carbocycles. The number of ether oxygens (including phenoxy) is 1. The molecule has 0 aliphatic rings. The fourth-order valence-corrected chi connectivity index (χ4v) is 3.02. The minimum Gasteiger partial charge on any atom is -0.444 e. The van der Waals surface area contributed by atoms with Gasteiger partial charge in [-0.1, -0.05) is 22.0 Å². The van der Waals surface area contributed by atoms with Crippen molar-refractivity contribution in [3.63, 3.8) is 0 Å². The van der Waals surface area contributed by atoms with Crippen LogP contribution in [0, 0.1) is 5.82 Å². The molecule has 0 aliphatic carbocycles. The van der Waals surface area contributed by atoms with E-state index < -0.39 is 11.7 Å². The van der Waals surface area contributed by atoms with Crippen molar-refractivity contribution >= 4 is 27.8 Å². The smallest absolute Gasteiger partial charge is 0.410 e. The molecule has 4 nitrogen and oxygen atoms in total. The standard InChI is InChI=1S/C21H23BrFNO3/c1-13(24(5)20(26)27-21(2,3)4)15-8-11-17(18(22)12-15)19(25)14-6-9-16(23)10-7-14/h6-13H,1-5H3. The minimum absolute atomic E-state index is 0.207. The van der Waals surface area contributed by atoms with Crippen LogP contribution >= 0.6 is 15.9 Å². The van der Waals surface area contributed by atoms with Crippen molar-refractivity contribution in [2.75, 3.05) is 7.05 Å². The molecule has 0 saturated carbocycles. The maximum atomic E-state index is 13.1. The average molecular weight is 436 g/mol. The lowest BCUT2D eigenvalue weighted by molar-refractivity contribution is 0.0233. The van der Waals surface area contributed by atoms with Crippen LogP contribution in [0.15, 0.2) is 46.9 Å². The molecule has 0 saturated heterocycles. The highest BCUT2D eigenvalue weighted by Gasteiger charge is 2.24. The van der Waals surface area contributed by atoms with Crippen LogP contribution in [-0.2, 0) is 4.74 Å². The molecule has 27 heavy (non-hydrogen) atoms. The predicted molar refractivity (Wildman–Crippen MR) is 106 cm³/mol. The summed E-state index contributed by atoms with van der Waals surface area (Å²) in [6, 6.07) is 10.5. The van der Waals surface area contributed by atoms with Gasteiger partial charge in [-0.2, -0.15) is 0 Å². The molecular formula is C21H23BrFNO3. The second-order valence-corrected chi connectivity index (χ2v) is 8.20. The monoisotopic (exact) mass is 435 g/mol. The van der Waals surface area contributed by atoms with Crippen LogP contribution < -0.4 is 0 Å². The molecule has 144 valence electrons. The molecule has 0 aliphatic heterocycles. The van der Waals surface area contributed by atoms with Gasteiger partial charge in [0.15, 0.2) is 5.78 Å². The Kier molecular flexibility index (Phi) is 6.42. The molecule has 1 atom stereocenters. The SMILES string of the molecule is CC(c1ccc(C(=O)c2ccc(F)cc2)c(Br)c1)N(C)C(=O)OC(C)(C)C. The van der Waals surface area contributed by atoms with Gasteiger partial charge >= 0.3 is 6.09 Å². The fraction of sp³-hybridized carbons (Fsp3) is 0.333. The van der Waals surface area contributed by atoms with Gasteiger partial charge in [0, 0.05) is 22.6 Å². The zero-order valence-corrected chi connectivity index (χ0v) is 17.6. The lowest BCUT2D eigenvalue weighted by atomic mass is 10.00. The van der Waals surface area contributed by atoms with Crippen LogP contribution in [-0.4, -0.2) is 29.4 Å². The zero-order chi connectivity index (χ0) is 20.4. The molecule has 0 radical (unpaired) electrons.